The zero-order valence-corrected chi connectivity index (χ0v) is 23.2. The first kappa shape index (κ1) is 28.2. The van der Waals surface area contributed by atoms with Gasteiger partial charge in [-0.25, -0.2) is 4.99 Å². The molecule has 2 aromatic rings. The van der Waals surface area contributed by atoms with Crippen LogP contribution in [0.2, 0.25) is 0 Å². The number of aliphatic imine (C=N–C) groups is 1. The summed E-state index contributed by atoms with van der Waals surface area (Å²) in [4.78, 5) is 13.0. The molecule has 0 spiro atoms. The topological polar surface area (TPSA) is 118 Å². The maximum Gasteiger partial charge on any atom is 0.170 e. The van der Waals surface area contributed by atoms with Crippen LogP contribution in [-0.4, -0.2) is 56.6 Å². The van der Waals surface area contributed by atoms with E-state index in [0.717, 1.165) is 58.9 Å². The van der Waals surface area contributed by atoms with Gasteiger partial charge in [0.1, 0.15) is 11.9 Å². The summed E-state index contributed by atoms with van der Waals surface area (Å²) in [5, 5.41) is 44.7. The third kappa shape index (κ3) is 5.76. The van der Waals surface area contributed by atoms with Crippen LogP contribution in [0.4, 0.5) is 11.4 Å². The van der Waals surface area contributed by atoms with E-state index in [9.17, 15) is 20.4 Å². The van der Waals surface area contributed by atoms with Crippen molar-refractivity contribution in [2.45, 2.75) is 82.8 Å². The minimum absolute atomic E-state index is 0.0914. The number of amidine groups is 1. The Kier molecular flexibility index (Phi) is 8.51. The van der Waals surface area contributed by atoms with Gasteiger partial charge in [0, 0.05) is 29.7 Å². The van der Waals surface area contributed by atoms with Crippen LogP contribution in [0.3, 0.4) is 0 Å². The Morgan fingerprint density at radius 1 is 1.10 bits per heavy atom. The Bertz CT molecular complexity index is 1330. The molecule has 4 N–H and O–H groups in total. The first-order valence-corrected chi connectivity index (χ1v) is 14.1. The summed E-state index contributed by atoms with van der Waals surface area (Å²) in [7, 11) is 0. The molecule has 0 amide bonds. The number of benzene rings is 2. The minimum Gasteiger partial charge on any atom is -0.394 e. The second-order valence-corrected chi connectivity index (χ2v) is 11.1. The molecule has 0 saturated carbocycles. The van der Waals surface area contributed by atoms with Crippen LogP contribution in [0, 0.1) is 0 Å². The van der Waals surface area contributed by atoms with Crippen LogP contribution in [0.1, 0.15) is 76.0 Å². The van der Waals surface area contributed by atoms with Gasteiger partial charge in [-0.05, 0) is 69.7 Å². The molecule has 0 saturated heterocycles. The van der Waals surface area contributed by atoms with Crippen molar-refractivity contribution in [1.82, 2.24) is 0 Å². The Balaban J connectivity index is 1.43. The summed E-state index contributed by atoms with van der Waals surface area (Å²) >= 11 is 0. The van der Waals surface area contributed by atoms with Crippen LogP contribution in [0.25, 0.3) is 0 Å². The molecule has 40 heavy (non-hydrogen) atoms. The fraction of sp³-hybridized carbons (Fsp3) is 0.438. The summed E-state index contributed by atoms with van der Waals surface area (Å²) in [6, 6.07) is 15.5. The standard InChI is InChI=1S/C32H39N3O5/c1-21-10-6-7-13-24(21)31(39)32(2)19-27(34-40-32)22-16-17-25-26(18-22)33-29(14-8-9-15-30(37)38)35(28(25)20-36)23-11-4-3-5-12-23/h3-5,7,11-13,16-18,28,30-31,36-39H,6,8-10,14-15,19-20H2,1-2H3. The van der Waals surface area contributed by atoms with Crippen molar-refractivity contribution >= 4 is 22.9 Å². The maximum atomic E-state index is 11.2. The quantitative estimate of drug-likeness (QED) is 0.245. The van der Waals surface area contributed by atoms with Gasteiger partial charge in [-0.15, -0.1) is 0 Å². The zero-order valence-electron chi connectivity index (χ0n) is 23.2. The van der Waals surface area contributed by atoms with E-state index in [1.54, 1.807) is 0 Å². The zero-order chi connectivity index (χ0) is 28.3. The number of hydrogen-bond acceptors (Lipinski definition) is 8. The van der Waals surface area contributed by atoms with Crippen LogP contribution < -0.4 is 4.90 Å². The molecule has 2 aromatic carbocycles. The number of anilines is 1. The number of nitrogens with zero attached hydrogens (tertiary/aromatic N) is 3. The second kappa shape index (κ2) is 12.1. The highest BCUT2D eigenvalue weighted by atomic mass is 16.7. The minimum atomic E-state index is -1.32. The number of para-hydroxylation sites is 1. The number of aliphatic hydroxyl groups excluding tert-OH is 3. The first-order chi connectivity index (χ1) is 19.3. The molecule has 3 aliphatic rings. The summed E-state index contributed by atoms with van der Waals surface area (Å²) in [5.41, 5.74) is 5.47. The number of hydrogen-bond donors (Lipinski definition) is 4. The van der Waals surface area contributed by atoms with Crippen molar-refractivity contribution in [2.24, 2.45) is 10.1 Å². The van der Waals surface area contributed by atoms with Crippen LogP contribution in [0.15, 0.2) is 82.0 Å². The van der Waals surface area contributed by atoms with E-state index >= 15 is 0 Å². The molecule has 212 valence electrons. The lowest BCUT2D eigenvalue weighted by Gasteiger charge is -2.38. The van der Waals surface area contributed by atoms with Gasteiger partial charge < -0.3 is 30.2 Å². The fourth-order valence-corrected chi connectivity index (χ4v) is 5.81. The van der Waals surface area contributed by atoms with E-state index in [1.807, 2.05) is 61.5 Å². The lowest BCUT2D eigenvalue weighted by atomic mass is 9.83. The van der Waals surface area contributed by atoms with E-state index in [2.05, 4.69) is 23.1 Å². The molecule has 3 atom stereocenters. The van der Waals surface area contributed by atoms with E-state index in [4.69, 9.17) is 9.83 Å². The molecule has 3 unspecified atom stereocenters. The normalized spacial score (nSPS) is 23.2. The predicted molar refractivity (Wildman–Crippen MR) is 157 cm³/mol. The maximum absolute atomic E-state index is 11.2. The highest BCUT2D eigenvalue weighted by molar-refractivity contribution is 6.05. The molecule has 8 heteroatoms. The highest BCUT2D eigenvalue weighted by Crippen LogP contribution is 2.41. The Morgan fingerprint density at radius 3 is 2.62 bits per heavy atom. The summed E-state index contributed by atoms with van der Waals surface area (Å²) in [6.45, 7) is 3.86. The van der Waals surface area contributed by atoms with Gasteiger partial charge >= 0.3 is 0 Å². The molecule has 2 heterocycles. The molecule has 0 bridgehead atoms. The molecule has 5 rings (SSSR count). The molecule has 1 aliphatic carbocycles. The Labute approximate surface area is 235 Å². The van der Waals surface area contributed by atoms with Gasteiger partial charge in [0.15, 0.2) is 11.9 Å². The van der Waals surface area contributed by atoms with Crippen LogP contribution in [-0.2, 0) is 4.84 Å². The summed E-state index contributed by atoms with van der Waals surface area (Å²) < 4.78 is 0. The third-order valence-corrected chi connectivity index (χ3v) is 8.11. The molecule has 0 aromatic heterocycles. The van der Waals surface area contributed by atoms with E-state index < -0.39 is 18.0 Å². The lowest BCUT2D eigenvalue weighted by Crippen LogP contribution is -2.41. The monoisotopic (exact) mass is 545 g/mol. The average molecular weight is 546 g/mol. The SMILES string of the molecule is CC1=C(C(O)C2(C)CC(c3ccc4c(c3)N=C(CCCCC(O)O)N(c3ccccc3)C4CO)=NO2)C=CCC1. The average Bonchev–Trinajstić information content (AvgIpc) is 3.37. The smallest absolute Gasteiger partial charge is 0.170 e. The Hall–Kier alpha value is -3.30. The van der Waals surface area contributed by atoms with Crippen molar-refractivity contribution in [3.8, 4) is 0 Å². The number of rotatable bonds is 10. The summed E-state index contributed by atoms with van der Waals surface area (Å²) in [6.07, 6.45) is 6.66. The number of unbranched alkanes of at least 4 members (excludes halogenated alkanes) is 1. The van der Waals surface area contributed by atoms with Crippen molar-refractivity contribution in [3.63, 3.8) is 0 Å². The van der Waals surface area contributed by atoms with Crippen molar-refractivity contribution < 1.29 is 25.3 Å². The number of oxime groups is 1. The van der Waals surface area contributed by atoms with Gasteiger partial charge in [-0.2, -0.15) is 0 Å². The van der Waals surface area contributed by atoms with Gasteiger partial charge in [0.25, 0.3) is 0 Å². The van der Waals surface area contributed by atoms with Crippen molar-refractivity contribution in [3.05, 3.63) is 83.0 Å². The van der Waals surface area contributed by atoms with Crippen LogP contribution >= 0.6 is 0 Å². The molecule has 2 aliphatic heterocycles. The number of fused-ring (bicyclic) bond motifs is 1. The molecular formula is C32H39N3O5. The van der Waals surface area contributed by atoms with Gasteiger partial charge in [-0.1, -0.05) is 53.2 Å². The van der Waals surface area contributed by atoms with Crippen LogP contribution in [0.5, 0.6) is 0 Å². The molecule has 8 nitrogen and oxygen atoms in total. The lowest BCUT2D eigenvalue weighted by molar-refractivity contribution is -0.0771. The van der Waals surface area contributed by atoms with E-state index in [1.165, 1.54) is 5.57 Å². The second-order valence-electron chi connectivity index (χ2n) is 11.1. The van der Waals surface area contributed by atoms with E-state index in [0.29, 0.717) is 25.7 Å². The first-order valence-electron chi connectivity index (χ1n) is 14.1. The highest BCUT2D eigenvalue weighted by Gasteiger charge is 2.44. The number of aliphatic hydroxyl groups is 4. The van der Waals surface area contributed by atoms with Gasteiger partial charge in [0.2, 0.25) is 0 Å². The molecular weight excluding hydrogens is 506 g/mol. The third-order valence-electron chi connectivity index (χ3n) is 8.11. The largest absolute Gasteiger partial charge is 0.394 e. The van der Waals surface area contributed by atoms with Crippen molar-refractivity contribution in [2.75, 3.05) is 11.5 Å². The molecule has 0 radical (unpaired) electrons. The predicted octanol–water partition coefficient (Wildman–Crippen LogP) is 5.05. The van der Waals surface area contributed by atoms with Crippen molar-refractivity contribution in [1.29, 1.82) is 0 Å². The summed E-state index contributed by atoms with van der Waals surface area (Å²) in [5.74, 6) is 0.818. The fourth-order valence-electron chi connectivity index (χ4n) is 5.81. The Morgan fingerprint density at radius 2 is 1.90 bits per heavy atom. The molecule has 0 fully saturated rings. The number of allylic oxidation sites excluding steroid dienone is 2. The van der Waals surface area contributed by atoms with E-state index in [-0.39, 0.29) is 12.6 Å². The van der Waals surface area contributed by atoms with Gasteiger partial charge in [0.05, 0.1) is 24.0 Å². The van der Waals surface area contributed by atoms with Gasteiger partial charge in [-0.3, -0.25) is 0 Å².